The second-order valence-corrected chi connectivity index (χ2v) is 6.75. The lowest BCUT2D eigenvalue weighted by molar-refractivity contribution is 0.0906. The van der Waals surface area contributed by atoms with E-state index in [9.17, 15) is 4.79 Å². The van der Waals surface area contributed by atoms with Crippen LogP contribution in [0.5, 0.6) is 0 Å². The molecule has 1 heterocycles. The molecule has 0 aliphatic heterocycles. The molecule has 1 unspecified atom stereocenters. The molecule has 0 aromatic carbocycles. The zero-order valence-corrected chi connectivity index (χ0v) is 12.5. The van der Waals surface area contributed by atoms with Gasteiger partial charge in [0.1, 0.15) is 0 Å². The fraction of sp³-hybridized carbons (Fsp3) is 0.545. The summed E-state index contributed by atoms with van der Waals surface area (Å²) >= 11 is 10.5. The molecule has 90 valence electrons. The summed E-state index contributed by atoms with van der Waals surface area (Å²) in [6, 6.07) is 3.70. The average molecular weight is 325 g/mol. The van der Waals surface area contributed by atoms with Crippen LogP contribution in [0, 0.1) is 0 Å². The Kier molecular flexibility index (Phi) is 5.28. The summed E-state index contributed by atoms with van der Waals surface area (Å²) in [5.41, 5.74) is -0.213. The Morgan fingerprint density at radius 2 is 2.31 bits per heavy atom. The van der Waals surface area contributed by atoms with E-state index in [2.05, 4.69) is 28.2 Å². The van der Waals surface area contributed by atoms with Gasteiger partial charge in [-0.2, -0.15) is 0 Å². The first-order valence-corrected chi connectivity index (χ1v) is 7.29. The highest BCUT2D eigenvalue weighted by atomic mass is 79.9. The molecule has 0 fully saturated rings. The SMILES string of the molecule is CCC(C)(CCCl)NC(=O)c1ccc(Br)s1. The van der Waals surface area contributed by atoms with Crippen LogP contribution in [0.25, 0.3) is 0 Å². The highest BCUT2D eigenvalue weighted by Gasteiger charge is 2.24. The first-order chi connectivity index (χ1) is 7.50. The Labute approximate surface area is 114 Å². The smallest absolute Gasteiger partial charge is 0.261 e. The molecule has 0 spiro atoms. The number of thiophene rings is 1. The molecule has 1 N–H and O–H groups in total. The van der Waals surface area contributed by atoms with Gasteiger partial charge in [0.2, 0.25) is 0 Å². The Hall–Kier alpha value is -0.0600. The zero-order valence-electron chi connectivity index (χ0n) is 9.35. The van der Waals surface area contributed by atoms with Gasteiger partial charge in [-0.3, -0.25) is 4.79 Å². The van der Waals surface area contributed by atoms with Gasteiger partial charge in [-0.1, -0.05) is 6.92 Å². The first kappa shape index (κ1) is 14.0. The lowest BCUT2D eigenvalue weighted by atomic mass is 9.95. The van der Waals surface area contributed by atoms with Crippen LogP contribution in [0.3, 0.4) is 0 Å². The van der Waals surface area contributed by atoms with E-state index in [0.717, 1.165) is 21.5 Å². The van der Waals surface area contributed by atoms with Crippen molar-refractivity contribution in [3.63, 3.8) is 0 Å². The minimum Gasteiger partial charge on any atom is -0.346 e. The molecule has 1 atom stereocenters. The van der Waals surface area contributed by atoms with Crippen LogP contribution in [-0.4, -0.2) is 17.3 Å². The monoisotopic (exact) mass is 323 g/mol. The maximum Gasteiger partial charge on any atom is 0.261 e. The van der Waals surface area contributed by atoms with Crippen molar-refractivity contribution in [3.05, 3.63) is 20.8 Å². The summed E-state index contributed by atoms with van der Waals surface area (Å²) in [5, 5.41) is 3.04. The predicted molar refractivity (Wildman–Crippen MR) is 73.5 cm³/mol. The number of hydrogen-bond donors (Lipinski definition) is 1. The largest absolute Gasteiger partial charge is 0.346 e. The van der Waals surface area contributed by atoms with Crippen molar-refractivity contribution in [2.75, 3.05) is 5.88 Å². The molecule has 2 nitrogen and oxygen atoms in total. The van der Waals surface area contributed by atoms with Crippen molar-refractivity contribution in [2.24, 2.45) is 0 Å². The summed E-state index contributed by atoms with van der Waals surface area (Å²) in [6.07, 6.45) is 1.65. The van der Waals surface area contributed by atoms with Crippen molar-refractivity contribution in [1.82, 2.24) is 5.32 Å². The Balaban J connectivity index is 2.69. The Bertz CT molecular complexity index is 369. The topological polar surface area (TPSA) is 29.1 Å². The standard InChI is InChI=1S/C11H15BrClNOS/c1-3-11(2,6-7-13)14-10(15)8-4-5-9(12)16-8/h4-5H,3,6-7H2,1-2H3,(H,14,15). The van der Waals surface area contributed by atoms with Crippen molar-refractivity contribution >= 4 is 44.8 Å². The molecule has 0 bridgehead atoms. The van der Waals surface area contributed by atoms with E-state index in [1.807, 2.05) is 19.1 Å². The van der Waals surface area contributed by atoms with Crippen LogP contribution >= 0.6 is 38.9 Å². The third-order valence-corrected chi connectivity index (χ3v) is 4.45. The van der Waals surface area contributed by atoms with Crippen molar-refractivity contribution in [2.45, 2.75) is 32.2 Å². The van der Waals surface area contributed by atoms with Gasteiger partial charge in [0.05, 0.1) is 8.66 Å². The molecular weight excluding hydrogens is 310 g/mol. The van der Waals surface area contributed by atoms with Gasteiger partial charge in [0.15, 0.2) is 0 Å². The average Bonchev–Trinajstić information content (AvgIpc) is 2.65. The molecular formula is C11H15BrClNOS. The number of rotatable bonds is 5. The quantitative estimate of drug-likeness (QED) is 0.814. The summed E-state index contributed by atoms with van der Waals surface area (Å²) in [7, 11) is 0. The first-order valence-electron chi connectivity index (χ1n) is 5.14. The molecule has 16 heavy (non-hydrogen) atoms. The van der Waals surface area contributed by atoms with E-state index in [0.29, 0.717) is 5.88 Å². The summed E-state index contributed by atoms with van der Waals surface area (Å²) in [5.74, 6) is 0.531. The molecule has 0 saturated heterocycles. The zero-order chi connectivity index (χ0) is 12.2. The number of carbonyl (C=O) groups is 1. The molecule has 1 aromatic rings. The molecule has 0 radical (unpaired) electrons. The van der Waals surface area contributed by atoms with Gasteiger partial charge in [-0.15, -0.1) is 22.9 Å². The summed E-state index contributed by atoms with van der Waals surface area (Å²) in [6.45, 7) is 4.08. The van der Waals surface area contributed by atoms with Crippen LogP contribution < -0.4 is 5.32 Å². The van der Waals surface area contributed by atoms with E-state index in [1.165, 1.54) is 11.3 Å². The third-order valence-electron chi connectivity index (χ3n) is 2.64. The molecule has 1 aromatic heterocycles. The molecule has 1 amide bonds. The van der Waals surface area contributed by atoms with Crippen LogP contribution in [0.1, 0.15) is 36.4 Å². The number of alkyl halides is 1. The van der Waals surface area contributed by atoms with E-state index < -0.39 is 0 Å². The van der Waals surface area contributed by atoms with Gasteiger partial charge >= 0.3 is 0 Å². The highest BCUT2D eigenvalue weighted by molar-refractivity contribution is 9.11. The van der Waals surface area contributed by atoms with E-state index in [1.54, 1.807) is 0 Å². The van der Waals surface area contributed by atoms with Crippen LogP contribution in [0.15, 0.2) is 15.9 Å². The van der Waals surface area contributed by atoms with E-state index in [-0.39, 0.29) is 11.4 Å². The minimum atomic E-state index is -0.213. The molecule has 0 aliphatic rings. The van der Waals surface area contributed by atoms with Gasteiger partial charge in [0, 0.05) is 11.4 Å². The molecule has 5 heteroatoms. The van der Waals surface area contributed by atoms with Gasteiger partial charge in [0.25, 0.3) is 5.91 Å². The number of nitrogens with one attached hydrogen (secondary N) is 1. The second kappa shape index (κ2) is 6.03. The van der Waals surface area contributed by atoms with Crippen LogP contribution in [0.4, 0.5) is 0 Å². The van der Waals surface area contributed by atoms with Gasteiger partial charge < -0.3 is 5.32 Å². The molecule has 1 rings (SSSR count). The minimum absolute atomic E-state index is 0.0230. The number of amides is 1. The number of carbonyl (C=O) groups excluding carboxylic acids is 1. The van der Waals surface area contributed by atoms with E-state index >= 15 is 0 Å². The number of hydrogen-bond acceptors (Lipinski definition) is 2. The second-order valence-electron chi connectivity index (χ2n) is 3.91. The maximum atomic E-state index is 11.9. The fourth-order valence-electron chi connectivity index (χ4n) is 1.31. The fourth-order valence-corrected chi connectivity index (χ4v) is 3.01. The predicted octanol–water partition coefficient (Wildman–Crippen LogP) is 4.04. The summed E-state index contributed by atoms with van der Waals surface area (Å²) < 4.78 is 0.966. The summed E-state index contributed by atoms with van der Waals surface area (Å²) in [4.78, 5) is 12.7. The van der Waals surface area contributed by atoms with Crippen molar-refractivity contribution in [1.29, 1.82) is 0 Å². The highest BCUT2D eigenvalue weighted by Crippen LogP contribution is 2.23. The number of halogens is 2. The lowest BCUT2D eigenvalue weighted by Gasteiger charge is -2.28. The maximum absolute atomic E-state index is 11.9. The Morgan fingerprint density at radius 3 is 2.75 bits per heavy atom. The van der Waals surface area contributed by atoms with Crippen LogP contribution in [0.2, 0.25) is 0 Å². The van der Waals surface area contributed by atoms with Gasteiger partial charge in [-0.05, 0) is 47.8 Å². The van der Waals surface area contributed by atoms with Crippen molar-refractivity contribution < 1.29 is 4.79 Å². The van der Waals surface area contributed by atoms with Gasteiger partial charge in [-0.25, -0.2) is 0 Å². The lowest BCUT2D eigenvalue weighted by Crippen LogP contribution is -2.45. The van der Waals surface area contributed by atoms with Crippen LogP contribution in [-0.2, 0) is 0 Å². The molecule has 0 aliphatic carbocycles. The van der Waals surface area contributed by atoms with E-state index in [4.69, 9.17) is 11.6 Å². The molecule has 0 saturated carbocycles. The third kappa shape index (κ3) is 3.75. The normalized spacial score (nSPS) is 14.5. The Morgan fingerprint density at radius 1 is 1.62 bits per heavy atom. The van der Waals surface area contributed by atoms with Crippen molar-refractivity contribution in [3.8, 4) is 0 Å².